The van der Waals surface area contributed by atoms with Crippen molar-refractivity contribution in [1.82, 2.24) is 5.32 Å². The summed E-state index contributed by atoms with van der Waals surface area (Å²) < 4.78 is 2.21. The predicted octanol–water partition coefficient (Wildman–Crippen LogP) is 4.44. The largest absolute Gasteiger partial charge is 0.310 e. The van der Waals surface area contributed by atoms with E-state index in [9.17, 15) is 0 Å². The Labute approximate surface area is 108 Å². The highest BCUT2D eigenvalue weighted by molar-refractivity contribution is 9.11. The van der Waals surface area contributed by atoms with E-state index >= 15 is 0 Å². The molecule has 0 fully saturated rings. The third-order valence-electron chi connectivity index (χ3n) is 2.11. The Morgan fingerprint density at radius 2 is 2.00 bits per heavy atom. The van der Waals surface area contributed by atoms with E-state index in [0.29, 0.717) is 0 Å². The smallest absolute Gasteiger partial charge is 0.0517 e. The van der Waals surface area contributed by atoms with Gasteiger partial charge in [-0.3, -0.25) is 0 Å². The van der Waals surface area contributed by atoms with E-state index in [0.717, 1.165) is 8.95 Å². The van der Waals surface area contributed by atoms with Crippen molar-refractivity contribution in [1.29, 1.82) is 0 Å². The first-order chi connectivity index (χ1) is 7.04. The minimum Gasteiger partial charge on any atom is -0.310 e. The standard InChI is InChI=1S/C12H15Br2N/c1-8(2)6-12(15-3)10-5-4-9(13)7-11(10)14/h4-7,12,15H,1-3H3. The molecule has 0 aliphatic heterocycles. The lowest BCUT2D eigenvalue weighted by Crippen LogP contribution is -2.14. The van der Waals surface area contributed by atoms with Crippen LogP contribution in [-0.2, 0) is 0 Å². The molecule has 1 rings (SSSR count). The molecule has 0 radical (unpaired) electrons. The van der Waals surface area contributed by atoms with Crippen molar-refractivity contribution >= 4 is 31.9 Å². The summed E-state index contributed by atoms with van der Waals surface area (Å²) in [7, 11) is 1.97. The number of halogens is 2. The molecular formula is C12H15Br2N. The highest BCUT2D eigenvalue weighted by Crippen LogP contribution is 2.27. The van der Waals surface area contributed by atoms with Crippen LogP contribution in [0.5, 0.6) is 0 Å². The molecule has 1 nitrogen and oxygen atoms in total. The van der Waals surface area contributed by atoms with Crippen LogP contribution in [0.2, 0.25) is 0 Å². The van der Waals surface area contributed by atoms with Crippen LogP contribution in [0, 0.1) is 0 Å². The minimum absolute atomic E-state index is 0.262. The van der Waals surface area contributed by atoms with Gasteiger partial charge < -0.3 is 5.32 Å². The monoisotopic (exact) mass is 331 g/mol. The van der Waals surface area contributed by atoms with E-state index in [2.05, 4.69) is 75.3 Å². The summed E-state index contributed by atoms with van der Waals surface area (Å²) in [6, 6.07) is 6.51. The highest BCUT2D eigenvalue weighted by Gasteiger charge is 2.09. The number of hydrogen-bond acceptors (Lipinski definition) is 1. The summed E-state index contributed by atoms with van der Waals surface area (Å²) in [5.41, 5.74) is 2.56. The molecule has 0 heterocycles. The van der Waals surface area contributed by atoms with Gasteiger partial charge in [0.1, 0.15) is 0 Å². The van der Waals surface area contributed by atoms with Crippen LogP contribution in [0.25, 0.3) is 0 Å². The van der Waals surface area contributed by atoms with Crippen molar-refractivity contribution in [3.05, 3.63) is 44.4 Å². The van der Waals surface area contributed by atoms with Gasteiger partial charge in [-0.1, -0.05) is 49.6 Å². The zero-order chi connectivity index (χ0) is 11.4. The molecule has 0 aliphatic carbocycles. The Morgan fingerprint density at radius 1 is 1.33 bits per heavy atom. The van der Waals surface area contributed by atoms with E-state index in [1.807, 2.05) is 7.05 Å². The van der Waals surface area contributed by atoms with E-state index in [4.69, 9.17) is 0 Å². The second-order valence-corrected chi connectivity index (χ2v) is 5.45. The molecule has 1 unspecified atom stereocenters. The van der Waals surface area contributed by atoms with Gasteiger partial charge in [-0.2, -0.15) is 0 Å². The third kappa shape index (κ3) is 3.74. The first-order valence-electron chi connectivity index (χ1n) is 4.82. The van der Waals surface area contributed by atoms with Crippen LogP contribution in [0.1, 0.15) is 25.5 Å². The van der Waals surface area contributed by atoms with Crippen molar-refractivity contribution in [2.24, 2.45) is 0 Å². The van der Waals surface area contributed by atoms with Gasteiger partial charge in [-0.25, -0.2) is 0 Å². The molecule has 1 N–H and O–H groups in total. The van der Waals surface area contributed by atoms with E-state index in [1.165, 1.54) is 11.1 Å². The Bertz CT molecular complexity index is 368. The number of likely N-dealkylation sites (N-methyl/N-ethyl adjacent to an activating group) is 1. The highest BCUT2D eigenvalue weighted by atomic mass is 79.9. The number of rotatable bonds is 3. The van der Waals surface area contributed by atoms with Gasteiger partial charge in [-0.05, 0) is 38.6 Å². The van der Waals surface area contributed by atoms with Crippen LogP contribution in [0.3, 0.4) is 0 Å². The predicted molar refractivity (Wildman–Crippen MR) is 73.1 cm³/mol. The molecule has 1 aromatic rings. The average molecular weight is 333 g/mol. The number of allylic oxidation sites excluding steroid dienone is 1. The van der Waals surface area contributed by atoms with Crippen molar-refractivity contribution in [2.45, 2.75) is 19.9 Å². The molecule has 1 aromatic carbocycles. The van der Waals surface area contributed by atoms with Crippen molar-refractivity contribution < 1.29 is 0 Å². The number of benzene rings is 1. The SMILES string of the molecule is CNC(C=C(C)C)c1ccc(Br)cc1Br. The lowest BCUT2D eigenvalue weighted by atomic mass is 10.1. The molecule has 0 aliphatic rings. The van der Waals surface area contributed by atoms with Crippen LogP contribution in [0.4, 0.5) is 0 Å². The Morgan fingerprint density at radius 3 is 2.47 bits per heavy atom. The summed E-state index contributed by atoms with van der Waals surface area (Å²) >= 11 is 7.03. The third-order valence-corrected chi connectivity index (χ3v) is 3.29. The maximum Gasteiger partial charge on any atom is 0.0517 e. The van der Waals surface area contributed by atoms with Gasteiger partial charge in [0.2, 0.25) is 0 Å². The zero-order valence-electron chi connectivity index (χ0n) is 9.14. The van der Waals surface area contributed by atoms with Gasteiger partial charge in [0.05, 0.1) is 6.04 Å². The first-order valence-corrected chi connectivity index (χ1v) is 6.40. The van der Waals surface area contributed by atoms with Crippen LogP contribution in [-0.4, -0.2) is 7.05 Å². The van der Waals surface area contributed by atoms with Gasteiger partial charge in [0, 0.05) is 8.95 Å². The molecule has 3 heteroatoms. The van der Waals surface area contributed by atoms with Crippen LogP contribution >= 0.6 is 31.9 Å². The minimum atomic E-state index is 0.262. The van der Waals surface area contributed by atoms with E-state index in [1.54, 1.807) is 0 Å². The molecule has 0 amide bonds. The molecular weight excluding hydrogens is 318 g/mol. The number of nitrogens with one attached hydrogen (secondary N) is 1. The maximum absolute atomic E-state index is 3.58. The maximum atomic E-state index is 3.58. The Hall–Kier alpha value is -0.120. The topological polar surface area (TPSA) is 12.0 Å². The van der Waals surface area contributed by atoms with E-state index < -0.39 is 0 Å². The van der Waals surface area contributed by atoms with Gasteiger partial charge >= 0.3 is 0 Å². The second kappa shape index (κ2) is 5.83. The Balaban J connectivity index is 3.07. The normalized spacial score (nSPS) is 12.3. The zero-order valence-corrected chi connectivity index (χ0v) is 12.3. The van der Waals surface area contributed by atoms with E-state index in [-0.39, 0.29) is 6.04 Å². The lowest BCUT2D eigenvalue weighted by Gasteiger charge is -2.15. The van der Waals surface area contributed by atoms with Crippen LogP contribution < -0.4 is 5.32 Å². The molecule has 0 spiro atoms. The lowest BCUT2D eigenvalue weighted by molar-refractivity contribution is 0.707. The van der Waals surface area contributed by atoms with Gasteiger partial charge in [0.15, 0.2) is 0 Å². The van der Waals surface area contributed by atoms with Crippen molar-refractivity contribution in [3.63, 3.8) is 0 Å². The molecule has 0 aromatic heterocycles. The molecule has 15 heavy (non-hydrogen) atoms. The summed E-state index contributed by atoms with van der Waals surface area (Å²) in [4.78, 5) is 0. The molecule has 1 atom stereocenters. The second-order valence-electron chi connectivity index (χ2n) is 3.68. The average Bonchev–Trinajstić information content (AvgIpc) is 2.14. The quantitative estimate of drug-likeness (QED) is 0.807. The molecule has 0 saturated carbocycles. The summed E-state index contributed by atoms with van der Waals surface area (Å²) in [5.74, 6) is 0. The first kappa shape index (κ1) is 12.9. The van der Waals surface area contributed by atoms with Crippen molar-refractivity contribution in [2.75, 3.05) is 7.05 Å². The molecule has 0 saturated heterocycles. The van der Waals surface area contributed by atoms with Crippen molar-refractivity contribution in [3.8, 4) is 0 Å². The van der Waals surface area contributed by atoms with Gasteiger partial charge in [0.25, 0.3) is 0 Å². The summed E-state index contributed by atoms with van der Waals surface area (Å²) in [6.45, 7) is 4.22. The molecule has 82 valence electrons. The summed E-state index contributed by atoms with van der Waals surface area (Å²) in [6.07, 6.45) is 2.22. The summed E-state index contributed by atoms with van der Waals surface area (Å²) in [5, 5.41) is 3.29. The van der Waals surface area contributed by atoms with Crippen LogP contribution in [0.15, 0.2) is 38.8 Å². The fourth-order valence-corrected chi connectivity index (χ4v) is 2.71. The number of hydrogen-bond donors (Lipinski definition) is 1. The fraction of sp³-hybridized carbons (Fsp3) is 0.333. The fourth-order valence-electron chi connectivity index (χ4n) is 1.42. The van der Waals surface area contributed by atoms with Gasteiger partial charge in [-0.15, -0.1) is 0 Å². The Kier molecular flexibility index (Phi) is 5.03. The molecule has 0 bridgehead atoms.